The molecule has 1 aromatic rings. The molecule has 2 nitrogen and oxygen atoms in total. The molecule has 3 N–H and O–H groups in total. The predicted molar refractivity (Wildman–Crippen MR) is 71.2 cm³/mol. The lowest BCUT2D eigenvalue weighted by molar-refractivity contribution is -0.0107. The van der Waals surface area contributed by atoms with Gasteiger partial charge in [-0.1, -0.05) is 18.0 Å². The molecule has 2 aliphatic carbocycles. The Hall–Kier alpha value is -0.0900. The van der Waals surface area contributed by atoms with Crippen LogP contribution in [0.3, 0.4) is 0 Å². The smallest absolute Gasteiger partial charge is 0.0953 e. The fraction of sp³-hybridized carbons (Fsp3) is 0.692. The second-order valence-electron chi connectivity index (χ2n) is 5.56. The number of rotatable bonds is 3. The molecule has 2 saturated carbocycles. The fourth-order valence-corrected chi connectivity index (χ4v) is 5.12. The summed E-state index contributed by atoms with van der Waals surface area (Å²) in [5, 5.41) is 10.7. The summed E-state index contributed by atoms with van der Waals surface area (Å²) in [5.41, 5.74) is 5.93. The highest BCUT2D eigenvalue weighted by atomic mass is 35.5. The first-order chi connectivity index (χ1) is 8.15. The Balaban J connectivity index is 1.91. The second kappa shape index (κ2) is 4.23. The second-order valence-corrected chi connectivity index (χ2v) is 7.31. The Kier molecular flexibility index (Phi) is 2.98. The third-order valence-corrected chi connectivity index (χ3v) is 6.09. The number of hydrogen-bond donors (Lipinski definition) is 2. The molecule has 17 heavy (non-hydrogen) atoms. The molecule has 4 unspecified atom stereocenters. The van der Waals surface area contributed by atoms with Gasteiger partial charge in [-0.3, -0.25) is 0 Å². The molecule has 0 spiro atoms. The first-order valence-corrected chi connectivity index (χ1v) is 7.48. The van der Waals surface area contributed by atoms with E-state index < -0.39 is 6.10 Å². The van der Waals surface area contributed by atoms with Crippen LogP contribution in [0.4, 0.5) is 0 Å². The summed E-state index contributed by atoms with van der Waals surface area (Å²) in [6.45, 7) is 0.588. The van der Waals surface area contributed by atoms with Crippen molar-refractivity contribution in [2.45, 2.75) is 31.8 Å². The SMILES string of the molecule is NCC1(C(O)c2ccc(Cl)s2)CC2CCC1C2. The van der Waals surface area contributed by atoms with E-state index in [9.17, 15) is 5.11 Å². The molecule has 0 amide bonds. The van der Waals surface area contributed by atoms with Gasteiger partial charge in [-0.15, -0.1) is 11.3 Å². The number of aliphatic hydroxyl groups is 1. The van der Waals surface area contributed by atoms with Crippen molar-refractivity contribution in [2.24, 2.45) is 23.0 Å². The highest BCUT2D eigenvalue weighted by molar-refractivity contribution is 7.16. The number of aliphatic hydroxyl groups excluding tert-OH is 1. The molecule has 0 aromatic carbocycles. The van der Waals surface area contributed by atoms with Crippen LogP contribution < -0.4 is 5.73 Å². The molecular formula is C13H18ClNOS. The van der Waals surface area contributed by atoms with E-state index >= 15 is 0 Å². The number of thiophene rings is 1. The van der Waals surface area contributed by atoms with Crippen LogP contribution in [0.15, 0.2) is 12.1 Å². The van der Waals surface area contributed by atoms with Gasteiger partial charge in [0.25, 0.3) is 0 Å². The molecule has 0 aliphatic heterocycles. The van der Waals surface area contributed by atoms with Gasteiger partial charge < -0.3 is 10.8 Å². The summed E-state index contributed by atoms with van der Waals surface area (Å²) in [5.74, 6) is 1.39. The summed E-state index contributed by atoms with van der Waals surface area (Å²) in [6.07, 6.45) is 4.47. The Morgan fingerprint density at radius 3 is 2.82 bits per heavy atom. The maximum atomic E-state index is 10.7. The third kappa shape index (κ3) is 1.75. The summed E-state index contributed by atoms with van der Waals surface area (Å²) in [4.78, 5) is 0.980. The fourth-order valence-electron chi connectivity index (χ4n) is 3.94. The molecule has 3 rings (SSSR count). The predicted octanol–water partition coefficient (Wildman–Crippen LogP) is 3.20. The maximum Gasteiger partial charge on any atom is 0.0953 e. The highest BCUT2D eigenvalue weighted by Gasteiger charge is 2.54. The Morgan fingerprint density at radius 2 is 2.35 bits per heavy atom. The van der Waals surface area contributed by atoms with Crippen molar-refractivity contribution in [1.82, 2.24) is 0 Å². The first-order valence-electron chi connectivity index (χ1n) is 6.29. The van der Waals surface area contributed by atoms with Gasteiger partial charge in [0, 0.05) is 16.8 Å². The van der Waals surface area contributed by atoms with E-state index in [4.69, 9.17) is 17.3 Å². The molecule has 1 aromatic heterocycles. The van der Waals surface area contributed by atoms with Crippen LogP contribution in [-0.2, 0) is 0 Å². The Morgan fingerprint density at radius 1 is 1.53 bits per heavy atom. The first kappa shape index (κ1) is 12.0. The molecule has 2 fully saturated rings. The van der Waals surface area contributed by atoms with Crippen LogP contribution in [0, 0.1) is 17.3 Å². The van der Waals surface area contributed by atoms with E-state index in [1.807, 2.05) is 12.1 Å². The van der Waals surface area contributed by atoms with Crippen LogP contribution in [-0.4, -0.2) is 11.7 Å². The van der Waals surface area contributed by atoms with E-state index in [0.29, 0.717) is 12.5 Å². The zero-order chi connectivity index (χ0) is 12.0. The standard InChI is InChI=1S/C13H18ClNOS/c14-11-4-3-10(17-11)12(16)13(7-15)6-8-1-2-9(13)5-8/h3-4,8-9,12,16H,1-2,5-7,15H2. The maximum absolute atomic E-state index is 10.7. The van der Waals surface area contributed by atoms with Crippen LogP contribution in [0.2, 0.25) is 4.34 Å². The van der Waals surface area contributed by atoms with Gasteiger partial charge >= 0.3 is 0 Å². The number of hydrogen-bond acceptors (Lipinski definition) is 3. The number of fused-ring (bicyclic) bond motifs is 2. The van der Waals surface area contributed by atoms with Gasteiger partial charge in [-0.2, -0.15) is 0 Å². The average molecular weight is 272 g/mol. The summed E-state index contributed by atoms with van der Waals surface area (Å²) in [6, 6.07) is 3.81. The van der Waals surface area contributed by atoms with Gasteiger partial charge in [0.1, 0.15) is 0 Å². The normalized spacial score (nSPS) is 37.6. The molecule has 1 heterocycles. The van der Waals surface area contributed by atoms with Crippen molar-refractivity contribution >= 4 is 22.9 Å². The average Bonchev–Trinajstić information content (AvgIpc) is 3.02. The molecule has 4 atom stereocenters. The lowest BCUT2D eigenvalue weighted by Gasteiger charge is -2.40. The van der Waals surface area contributed by atoms with Crippen LogP contribution >= 0.6 is 22.9 Å². The van der Waals surface area contributed by atoms with E-state index in [1.165, 1.54) is 30.6 Å². The topological polar surface area (TPSA) is 46.2 Å². The monoisotopic (exact) mass is 271 g/mol. The van der Waals surface area contributed by atoms with Gasteiger partial charge in [0.05, 0.1) is 10.4 Å². The Bertz CT molecular complexity index is 421. The minimum absolute atomic E-state index is 0.0862. The van der Waals surface area contributed by atoms with Crippen molar-refractivity contribution in [1.29, 1.82) is 0 Å². The lowest BCUT2D eigenvalue weighted by Crippen LogP contribution is -2.41. The minimum Gasteiger partial charge on any atom is -0.387 e. The minimum atomic E-state index is -0.430. The molecular weight excluding hydrogens is 254 g/mol. The highest BCUT2D eigenvalue weighted by Crippen LogP contribution is 2.60. The lowest BCUT2D eigenvalue weighted by atomic mass is 9.69. The third-order valence-electron chi connectivity index (χ3n) is 4.81. The summed E-state index contributed by atoms with van der Waals surface area (Å²) < 4.78 is 0.745. The van der Waals surface area contributed by atoms with Crippen molar-refractivity contribution in [3.63, 3.8) is 0 Å². The summed E-state index contributed by atoms with van der Waals surface area (Å²) in [7, 11) is 0. The van der Waals surface area contributed by atoms with Crippen molar-refractivity contribution in [2.75, 3.05) is 6.54 Å². The van der Waals surface area contributed by atoms with E-state index in [1.54, 1.807) is 0 Å². The van der Waals surface area contributed by atoms with Crippen molar-refractivity contribution in [3.8, 4) is 0 Å². The molecule has 0 radical (unpaired) electrons. The van der Waals surface area contributed by atoms with E-state index in [2.05, 4.69) is 0 Å². The van der Waals surface area contributed by atoms with Gasteiger partial charge in [-0.05, 0) is 43.2 Å². The van der Waals surface area contributed by atoms with Crippen LogP contribution in [0.1, 0.15) is 36.7 Å². The zero-order valence-electron chi connectivity index (χ0n) is 9.73. The van der Waals surface area contributed by atoms with Crippen LogP contribution in [0.5, 0.6) is 0 Å². The van der Waals surface area contributed by atoms with Crippen molar-refractivity contribution < 1.29 is 5.11 Å². The van der Waals surface area contributed by atoms with E-state index in [-0.39, 0.29) is 5.41 Å². The molecule has 0 saturated heterocycles. The van der Waals surface area contributed by atoms with Gasteiger partial charge in [0.15, 0.2) is 0 Å². The molecule has 2 bridgehead atoms. The number of nitrogens with two attached hydrogens (primary N) is 1. The van der Waals surface area contributed by atoms with E-state index in [0.717, 1.165) is 21.6 Å². The molecule has 94 valence electrons. The quantitative estimate of drug-likeness (QED) is 0.887. The Labute approximate surface area is 111 Å². The van der Waals surface area contributed by atoms with Crippen molar-refractivity contribution in [3.05, 3.63) is 21.3 Å². The number of halogens is 1. The molecule has 4 heteroatoms. The molecule has 2 aliphatic rings. The summed E-state index contributed by atoms with van der Waals surface area (Å²) >= 11 is 7.44. The van der Waals surface area contributed by atoms with Gasteiger partial charge in [-0.25, -0.2) is 0 Å². The van der Waals surface area contributed by atoms with Crippen LogP contribution in [0.25, 0.3) is 0 Å². The largest absolute Gasteiger partial charge is 0.387 e. The van der Waals surface area contributed by atoms with Gasteiger partial charge in [0.2, 0.25) is 0 Å². The zero-order valence-corrected chi connectivity index (χ0v) is 11.3.